The van der Waals surface area contributed by atoms with E-state index in [0.29, 0.717) is 15.0 Å². The molecule has 1 fully saturated rings. The fourth-order valence-electron chi connectivity index (χ4n) is 2.91. The lowest BCUT2D eigenvalue weighted by Crippen LogP contribution is -2.27. The fraction of sp³-hybridized carbons (Fsp3) is 0.0909. The molecular formula is C22H18N2O2S2. The van der Waals surface area contributed by atoms with Gasteiger partial charge in [0.1, 0.15) is 11.5 Å². The molecule has 0 aliphatic carbocycles. The van der Waals surface area contributed by atoms with Crippen molar-refractivity contribution in [1.29, 1.82) is 0 Å². The summed E-state index contributed by atoms with van der Waals surface area (Å²) in [6, 6.07) is 21.4. The number of hydrogen-bond donors (Lipinski definition) is 0. The highest BCUT2D eigenvalue weighted by Crippen LogP contribution is 2.37. The van der Waals surface area contributed by atoms with Crippen LogP contribution in [-0.4, -0.2) is 24.3 Å². The molecule has 0 unspecified atom stereocenters. The average Bonchev–Trinajstić information content (AvgIpc) is 3.27. The molecule has 2 heterocycles. The monoisotopic (exact) mass is 406 g/mol. The molecular weight excluding hydrogens is 388 g/mol. The number of benzene rings is 2. The fourth-order valence-corrected chi connectivity index (χ4v) is 4.19. The second kappa shape index (κ2) is 7.66. The van der Waals surface area contributed by atoms with Crippen molar-refractivity contribution in [1.82, 2.24) is 0 Å². The normalized spacial score (nSPS) is 15.5. The molecule has 6 heteroatoms. The van der Waals surface area contributed by atoms with E-state index in [1.807, 2.05) is 85.7 Å². The summed E-state index contributed by atoms with van der Waals surface area (Å²) in [5.74, 6) is 1.26. The van der Waals surface area contributed by atoms with Gasteiger partial charge in [0.15, 0.2) is 4.32 Å². The Morgan fingerprint density at radius 1 is 1.00 bits per heavy atom. The van der Waals surface area contributed by atoms with Crippen molar-refractivity contribution in [2.75, 3.05) is 23.9 Å². The number of furan rings is 1. The minimum Gasteiger partial charge on any atom is -0.457 e. The number of hydrogen-bond acceptors (Lipinski definition) is 5. The Balaban J connectivity index is 1.58. The molecule has 4 rings (SSSR count). The zero-order chi connectivity index (χ0) is 19.7. The van der Waals surface area contributed by atoms with Crippen molar-refractivity contribution in [3.05, 3.63) is 77.4 Å². The van der Waals surface area contributed by atoms with E-state index in [1.165, 1.54) is 11.8 Å². The summed E-state index contributed by atoms with van der Waals surface area (Å²) < 4.78 is 6.41. The quantitative estimate of drug-likeness (QED) is 0.427. The maximum atomic E-state index is 12.9. The zero-order valence-electron chi connectivity index (χ0n) is 15.5. The zero-order valence-corrected chi connectivity index (χ0v) is 17.1. The molecule has 0 radical (unpaired) electrons. The van der Waals surface area contributed by atoms with E-state index in [9.17, 15) is 4.79 Å². The van der Waals surface area contributed by atoms with Gasteiger partial charge in [-0.1, -0.05) is 54.3 Å². The van der Waals surface area contributed by atoms with Crippen molar-refractivity contribution < 1.29 is 9.21 Å². The van der Waals surface area contributed by atoms with Crippen LogP contribution in [0.2, 0.25) is 0 Å². The minimum absolute atomic E-state index is 0.134. The first-order valence-electron chi connectivity index (χ1n) is 8.73. The summed E-state index contributed by atoms with van der Waals surface area (Å²) in [6.45, 7) is 0. The third-order valence-corrected chi connectivity index (χ3v) is 5.68. The van der Waals surface area contributed by atoms with Crippen molar-refractivity contribution in [2.45, 2.75) is 0 Å². The lowest BCUT2D eigenvalue weighted by Gasteiger charge is -2.17. The summed E-state index contributed by atoms with van der Waals surface area (Å²) >= 11 is 6.73. The van der Waals surface area contributed by atoms with Crippen LogP contribution < -0.4 is 9.80 Å². The number of nitrogens with zero attached hydrogens (tertiary/aromatic N) is 2. The van der Waals surface area contributed by atoms with Gasteiger partial charge in [0, 0.05) is 31.4 Å². The lowest BCUT2D eigenvalue weighted by atomic mass is 10.2. The molecule has 1 saturated heterocycles. The van der Waals surface area contributed by atoms with Crippen LogP contribution in [0, 0.1) is 0 Å². The maximum Gasteiger partial charge on any atom is 0.270 e. The number of thiocarbonyl (C=S) groups is 1. The van der Waals surface area contributed by atoms with Crippen LogP contribution in [0.3, 0.4) is 0 Å². The molecule has 1 aromatic heterocycles. The van der Waals surface area contributed by atoms with Gasteiger partial charge in [0.25, 0.3) is 5.91 Å². The Labute approximate surface area is 173 Å². The van der Waals surface area contributed by atoms with Crippen LogP contribution in [-0.2, 0) is 4.79 Å². The predicted octanol–water partition coefficient (Wildman–Crippen LogP) is 5.42. The van der Waals surface area contributed by atoms with Crippen LogP contribution in [0.1, 0.15) is 5.76 Å². The highest BCUT2D eigenvalue weighted by molar-refractivity contribution is 8.27. The van der Waals surface area contributed by atoms with Crippen LogP contribution in [0.4, 0.5) is 11.4 Å². The number of carbonyl (C=O) groups is 1. The smallest absolute Gasteiger partial charge is 0.270 e. The average molecular weight is 407 g/mol. The van der Waals surface area contributed by atoms with Gasteiger partial charge in [0.05, 0.1) is 10.6 Å². The van der Waals surface area contributed by atoms with E-state index in [1.54, 1.807) is 11.0 Å². The number of amides is 1. The second-order valence-electron chi connectivity index (χ2n) is 6.50. The summed E-state index contributed by atoms with van der Waals surface area (Å²) in [4.78, 5) is 17.0. The van der Waals surface area contributed by atoms with E-state index in [0.717, 1.165) is 22.7 Å². The third kappa shape index (κ3) is 3.61. The standard InChI is InChI=1S/C22H18N2O2S2/c1-23(2)16-8-10-17(11-9-16)24-21(25)20(28-22(24)27)14-18-12-13-19(26-18)15-6-4-3-5-7-15/h3-14H,1-2H3/b20-14-. The minimum atomic E-state index is -0.134. The number of thioether (sulfide) groups is 1. The summed E-state index contributed by atoms with van der Waals surface area (Å²) in [6.07, 6.45) is 1.75. The van der Waals surface area contributed by atoms with Gasteiger partial charge < -0.3 is 9.32 Å². The molecule has 1 aliphatic rings. The van der Waals surface area contributed by atoms with E-state index >= 15 is 0 Å². The topological polar surface area (TPSA) is 36.7 Å². The molecule has 0 atom stereocenters. The van der Waals surface area contributed by atoms with Crippen molar-refractivity contribution in [3.8, 4) is 11.3 Å². The summed E-state index contributed by atoms with van der Waals surface area (Å²) in [5.41, 5.74) is 2.82. The number of carbonyl (C=O) groups excluding carboxylic acids is 1. The Morgan fingerprint density at radius 2 is 1.71 bits per heavy atom. The molecule has 0 saturated carbocycles. The Hall–Kier alpha value is -2.83. The summed E-state index contributed by atoms with van der Waals surface area (Å²) in [7, 11) is 3.95. The van der Waals surface area contributed by atoms with Gasteiger partial charge in [-0.15, -0.1) is 0 Å². The Morgan fingerprint density at radius 3 is 2.39 bits per heavy atom. The molecule has 28 heavy (non-hydrogen) atoms. The highest BCUT2D eigenvalue weighted by Gasteiger charge is 2.33. The molecule has 1 amide bonds. The first-order valence-corrected chi connectivity index (χ1v) is 9.96. The highest BCUT2D eigenvalue weighted by atomic mass is 32.2. The van der Waals surface area contributed by atoms with Gasteiger partial charge in [-0.05, 0) is 36.4 Å². The van der Waals surface area contributed by atoms with Crippen molar-refractivity contribution in [2.24, 2.45) is 0 Å². The van der Waals surface area contributed by atoms with Gasteiger partial charge in [0.2, 0.25) is 0 Å². The van der Waals surface area contributed by atoms with Crippen LogP contribution >= 0.6 is 24.0 Å². The van der Waals surface area contributed by atoms with Crippen molar-refractivity contribution in [3.63, 3.8) is 0 Å². The molecule has 0 N–H and O–H groups in total. The van der Waals surface area contributed by atoms with Gasteiger partial charge in [-0.25, -0.2) is 0 Å². The number of rotatable bonds is 4. The van der Waals surface area contributed by atoms with Crippen LogP contribution in [0.5, 0.6) is 0 Å². The lowest BCUT2D eigenvalue weighted by molar-refractivity contribution is -0.113. The van der Waals surface area contributed by atoms with Gasteiger partial charge in [-0.3, -0.25) is 9.69 Å². The second-order valence-corrected chi connectivity index (χ2v) is 8.17. The first-order chi connectivity index (χ1) is 13.5. The van der Waals surface area contributed by atoms with E-state index in [4.69, 9.17) is 16.6 Å². The van der Waals surface area contributed by atoms with E-state index < -0.39 is 0 Å². The van der Waals surface area contributed by atoms with Gasteiger partial charge >= 0.3 is 0 Å². The molecule has 3 aromatic rings. The van der Waals surface area contributed by atoms with Crippen LogP contribution in [0.25, 0.3) is 17.4 Å². The van der Waals surface area contributed by atoms with Gasteiger partial charge in [-0.2, -0.15) is 0 Å². The van der Waals surface area contributed by atoms with Crippen LogP contribution in [0.15, 0.2) is 76.1 Å². The largest absolute Gasteiger partial charge is 0.457 e. The molecule has 1 aliphatic heterocycles. The molecule has 2 aromatic carbocycles. The molecule has 0 bridgehead atoms. The molecule has 0 spiro atoms. The first kappa shape index (κ1) is 18.5. The predicted molar refractivity (Wildman–Crippen MR) is 121 cm³/mol. The number of anilines is 2. The maximum absolute atomic E-state index is 12.9. The SMILES string of the molecule is CN(C)c1ccc(N2C(=O)/C(=C/c3ccc(-c4ccccc4)o3)SC2=S)cc1. The Kier molecular flexibility index (Phi) is 5.07. The Bertz CT molecular complexity index is 1050. The molecule has 140 valence electrons. The van der Waals surface area contributed by atoms with Crippen molar-refractivity contribution >= 4 is 51.7 Å². The molecule has 4 nitrogen and oxygen atoms in total. The van der Waals surface area contributed by atoms with E-state index in [-0.39, 0.29) is 5.91 Å². The summed E-state index contributed by atoms with van der Waals surface area (Å²) in [5, 5.41) is 0. The third-order valence-electron chi connectivity index (χ3n) is 4.38. The van der Waals surface area contributed by atoms with E-state index in [2.05, 4.69) is 0 Å².